The Morgan fingerprint density at radius 2 is 1.72 bits per heavy atom. The lowest BCUT2D eigenvalue weighted by atomic mass is 9.93. The van der Waals surface area contributed by atoms with Crippen molar-refractivity contribution in [2.24, 2.45) is 0 Å². The van der Waals surface area contributed by atoms with Crippen molar-refractivity contribution in [2.45, 2.75) is 39.3 Å². The van der Waals surface area contributed by atoms with Crippen molar-refractivity contribution in [3.8, 4) is 0 Å². The van der Waals surface area contributed by atoms with E-state index < -0.39 is 12.1 Å². The van der Waals surface area contributed by atoms with Crippen LogP contribution in [0, 0.1) is 13.8 Å². The smallest absolute Gasteiger partial charge is 0.332 e. The monoisotopic (exact) mass is 478 g/mol. The van der Waals surface area contributed by atoms with Gasteiger partial charge < -0.3 is 15.2 Å². The fourth-order valence-electron chi connectivity index (χ4n) is 5.46. The zero-order chi connectivity index (χ0) is 25.1. The summed E-state index contributed by atoms with van der Waals surface area (Å²) in [6.45, 7) is 5.93. The van der Waals surface area contributed by atoms with Crippen LogP contribution in [0.15, 0.2) is 66.7 Å². The number of aromatic nitrogens is 1. The van der Waals surface area contributed by atoms with Gasteiger partial charge in [0.05, 0.1) is 17.3 Å². The van der Waals surface area contributed by atoms with E-state index >= 15 is 0 Å². The lowest BCUT2D eigenvalue weighted by molar-refractivity contribution is -0.120. The molecule has 36 heavy (non-hydrogen) atoms. The van der Waals surface area contributed by atoms with Crippen LogP contribution in [0.1, 0.15) is 45.7 Å². The fourth-order valence-corrected chi connectivity index (χ4v) is 5.46. The second kappa shape index (κ2) is 8.09. The SMILES string of the molecule is Cc1ccc(NC(=O)c2ccccc2N2C(=O)C3Cc4c([nH]c5ccccc45)C(C)N3C2=O)cc1C. The number of nitrogens with zero attached hydrogens (tertiary/aromatic N) is 2. The number of rotatable bonds is 3. The third kappa shape index (κ3) is 3.23. The molecule has 180 valence electrons. The van der Waals surface area contributed by atoms with Gasteiger partial charge in [-0.15, -0.1) is 0 Å². The second-order valence-corrected chi connectivity index (χ2v) is 9.59. The van der Waals surface area contributed by atoms with Crippen LogP contribution in [-0.2, 0) is 11.2 Å². The molecule has 2 aliphatic heterocycles. The van der Waals surface area contributed by atoms with Gasteiger partial charge in [0.2, 0.25) is 0 Å². The maximum Gasteiger partial charge on any atom is 0.332 e. The predicted octanol–water partition coefficient (Wildman–Crippen LogP) is 5.49. The highest BCUT2D eigenvalue weighted by molar-refractivity contribution is 6.24. The number of benzene rings is 3. The molecule has 0 bridgehead atoms. The van der Waals surface area contributed by atoms with Crippen molar-refractivity contribution in [3.63, 3.8) is 0 Å². The molecule has 2 atom stereocenters. The largest absolute Gasteiger partial charge is 0.356 e. The first-order valence-corrected chi connectivity index (χ1v) is 12.1. The number of anilines is 2. The van der Waals surface area contributed by atoms with Gasteiger partial charge in [-0.2, -0.15) is 0 Å². The number of para-hydroxylation sites is 2. The van der Waals surface area contributed by atoms with E-state index in [9.17, 15) is 14.4 Å². The maximum atomic E-state index is 13.7. The minimum atomic E-state index is -0.616. The van der Waals surface area contributed by atoms with Crippen molar-refractivity contribution in [1.29, 1.82) is 0 Å². The Labute approximate surface area is 208 Å². The zero-order valence-corrected chi connectivity index (χ0v) is 20.3. The summed E-state index contributed by atoms with van der Waals surface area (Å²) in [5, 5.41) is 3.99. The molecular weight excluding hydrogens is 452 g/mol. The summed E-state index contributed by atoms with van der Waals surface area (Å²) in [6, 6.07) is 19.1. The molecule has 1 saturated heterocycles. The maximum absolute atomic E-state index is 13.7. The Morgan fingerprint density at radius 1 is 0.972 bits per heavy atom. The Bertz CT molecular complexity index is 1570. The van der Waals surface area contributed by atoms with Gasteiger partial charge in [-0.25, -0.2) is 9.69 Å². The molecule has 7 nitrogen and oxygen atoms in total. The molecule has 6 rings (SSSR count). The van der Waals surface area contributed by atoms with Gasteiger partial charge in [0.25, 0.3) is 11.8 Å². The van der Waals surface area contributed by atoms with Crippen LogP contribution >= 0.6 is 0 Å². The lowest BCUT2D eigenvalue weighted by Crippen LogP contribution is -2.42. The number of hydrogen-bond acceptors (Lipinski definition) is 3. The molecule has 0 aliphatic carbocycles. The Kier molecular flexibility index (Phi) is 4.96. The molecule has 3 aromatic carbocycles. The molecule has 2 unspecified atom stereocenters. The Hall–Kier alpha value is -4.39. The van der Waals surface area contributed by atoms with Crippen molar-refractivity contribution < 1.29 is 14.4 Å². The first-order chi connectivity index (χ1) is 17.3. The standard InChI is InChI=1S/C29H26N4O3/c1-16-12-13-19(14-17(16)2)30-27(34)21-9-5-7-11-24(21)33-28(35)25-15-22-20-8-4-6-10-23(20)31-26(22)18(3)32(25)29(33)36/h4-14,18,25,31H,15H2,1-3H3,(H,30,34). The van der Waals surface area contributed by atoms with Crippen molar-refractivity contribution in [1.82, 2.24) is 9.88 Å². The fraction of sp³-hybridized carbons (Fsp3) is 0.207. The molecule has 4 amide bonds. The summed E-state index contributed by atoms with van der Waals surface area (Å²) in [6.07, 6.45) is 0.432. The molecule has 1 aromatic heterocycles. The molecule has 1 fully saturated rings. The van der Waals surface area contributed by atoms with Crippen LogP contribution in [0.3, 0.4) is 0 Å². The molecule has 0 saturated carbocycles. The molecule has 0 radical (unpaired) electrons. The predicted molar refractivity (Wildman–Crippen MR) is 139 cm³/mol. The van der Waals surface area contributed by atoms with Gasteiger partial charge in [0.15, 0.2) is 0 Å². The van der Waals surface area contributed by atoms with Gasteiger partial charge in [-0.1, -0.05) is 36.4 Å². The van der Waals surface area contributed by atoms with Gasteiger partial charge in [0, 0.05) is 28.7 Å². The number of carbonyl (C=O) groups excluding carboxylic acids is 3. The van der Waals surface area contributed by atoms with E-state index in [-0.39, 0.29) is 23.4 Å². The van der Waals surface area contributed by atoms with E-state index in [0.717, 1.165) is 33.3 Å². The third-order valence-corrected chi connectivity index (χ3v) is 7.49. The van der Waals surface area contributed by atoms with Crippen molar-refractivity contribution in [3.05, 3.63) is 94.7 Å². The van der Waals surface area contributed by atoms with Gasteiger partial charge in [-0.05, 0) is 67.8 Å². The number of carbonyl (C=O) groups is 3. The highest BCUT2D eigenvalue weighted by atomic mass is 16.2. The molecular formula is C29H26N4O3. The number of aryl methyl sites for hydroxylation is 2. The van der Waals surface area contributed by atoms with E-state index in [2.05, 4.69) is 10.3 Å². The average Bonchev–Trinajstić information content (AvgIpc) is 3.37. The topological polar surface area (TPSA) is 85.5 Å². The lowest BCUT2D eigenvalue weighted by Gasteiger charge is -2.33. The number of fused-ring (bicyclic) bond motifs is 4. The van der Waals surface area contributed by atoms with Gasteiger partial charge in [0.1, 0.15) is 6.04 Å². The van der Waals surface area contributed by atoms with Gasteiger partial charge in [-0.3, -0.25) is 9.59 Å². The normalized spacial score (nSPS) is 19.0. The van der Waals surface area contributed by atoms with E-state index in [1.807, 2.05) is 63.2 Å². The summed E-state index contributed by atoms with van der Waals surface area (Å²) in [4.78, 5) is 46.9. The quantitative estimate of drug-likeness (QED) is 0.382. The number of urea groups is 1. The minimum absolute atomic E-state index is 0.272. The number of imide groups is 1. The zero-order valence-electron chi connectivity index (χ0n) is 20.3. The van der Waals surface area contributed by atoms with E-state index in [1.165, 1.54) is 4.90 Å². The van der Waals surface area contributed by atoms with Crippen LogP contribution in [0.25, 0.3) is 10.9 Å². The van der Waals surface area contributed by atoms with Crippen LogP contribution in [0.5, 0.6) is 0 Å². The third-order valence-electron chi connectivity index (χ3n) is 7.49. The number of nitrogens with one attached hydrogen (secondary N) is 2. The number of hydrogen-bond donors (Lipinski definition) is 2. The highest BCUT2D eigenvalue weighted by Crippen LogP contribution is 2.42. The van der Waals surface area contributed by atoms with Crippen LogP contribution < -0.4 is 10.2 Å². The summed E-state index contributed by atoms with van der Waals surface area (Å²) in [5.41, 5.74) is 6.45. The van der Waals surface area contributed by atoms with Gasteiger partial charge >= 0.3 is 6.03 Å². The molecule has 7 heteroatoms. The first kappa shape index (κ1) is 22.1. The minimum Gasteiger partial charge on any atom is -0.356 e. The number of H-pyrrole nitrogens is 1. The molecule has 4 aromatic rings. The van der Waals surface area contributed by atoms with Crippen LogP contribution in [0.4, 0.5) is 16.2 Å². The molecule has 2 aliphatic rings. The Morgan fingerprint density at radius 3 is 2.53 bits per heavy atom. The second-order valence-electron chi connectivity index (χ2n) is 9.59. The van der Waals surface area contributed by atoms with Crippen molar-refractivity contribution in [2.75, 3.05) is 10.2 Å². The summed E-state index contributed by atoms with van der Waals surface area (Å²) in [5.74, 6) is -0.683. The van der Waals surface area contributed by atoms with Crippen LogP contribution in [-0.4, -0.2) is 33.8 Å². The van der Waals surface area contributed by atoms with Crippen LogP contribution in [0.2, 0.25) is 0 Å². The summed E-state index contributed by atoms with van der Waals surface area (Å²) < 4.78 is 0. The number of amides is 4. The summed E-state index contributed by atoms with van der Waals surface area (Å²) >= 11 is 0. The van der Waals surface area contributed by atoms with E-state index in [4.69, 9.17) is 0 Å². The molecule has 3 heterocycles. The highest BCUT2D eigenvalue weighted by Gasteiger charge is 2.52. The molecule has 2 N–H and O–H groups in total. The summed E-state index contributed by atoms with van der Waals surface area (Å²) in [7, 11) is 0. The van der Waals surface area contributed by atoms with E-state index in [1.54, 1.807) is 29.2 Å². The van der Waals surface area contributed by atoms with Crippen molar-refractivity contribution >= 4 is 40.1 Å². The Balaban J connectivity index is 1.35. The average molecular weight is 479 g/mol. The number of aromatic amines is 1. The molecule has 0 spiro atoms. The first-order valence-electron chi connectivity index (χ1n) is 12.1. The van der Waals surface area contributed by atoms with E-state index in [0.29, 0.717) is 17.8 Å².